The van der Waals surface area contributed by atoms with E-state index in [2.05, 4.69) is 41.8 Å². The lowest BCUT2D eigenvalue weighted by Gasteiger charge is -2.40. The molecule has 208 valence electrons. The molecular weight excluding hydrogens is 520 g/mol. The predicted octanol–water partition coefficient (Wildman–Crippen LogP) is 5.29. The zero-order valence-electron chi connectivity index (χ0n) is 23.4. The van der Waals surface area contributed by atoms with Gasteiger partial charge in [-0.2, -0.15) is 0 Å². The first kappa shape index (κ1) is 26.6. The van der Waals surface area contributed by atoms with Crippen molar-refractivity contribution in [2.24, 2.45) is 5.92 Å². The smallest absolute Gasteiger partial charge is 0.264 e. The normalized spacial score (nSPS) is 20.2. The summed E-state index contributed by atoms with van der Waals surface area (Å²) in [4.78, 5) is 49.6. The van der Waals surface area contributed by atoms with Crippen molar-refractivity contribution < 1.29 is 14.4 Å². The molecule has 3 aliphatic heterocycles. The molecule has 7 nitrogen and oxygen atoms in total. The molecule has 0 spiro atoms. The topological polar surface area (TPSA) is 64.2 Å². The number of piperazine rings is 1. The van der Waals surface area contributed by atoms with Crippen molar-refractivity contribution in [1.82, 2.24) is 9.80 Å². The second kappa shape index (κ2) is 10.7. The van der Waals surface area contributed by atoms with Crippen LogP contribution in [0.4, 0.5) is 11.4 Å². The molecule has 0 N–H and O–H groups in total. The van der Waals surface area contributed by atoms with Crippen molar-refractivity contribution in [2.45, 2.75) is 39.7 Å². The lowest BCUT2D eigenvalue weighted by molar-refractivity contribution is -0.136. The van der Waals surface area contributed by atoms with Gasteiger partial charge in [0.2, 0.25) is 5.91 Å². The van der Waals surface area contributed by atoms with Crippen molar-refractivity contribution in [3.05, 3.63) is 81.0 Å². The minimum atomic E-state index is -0.321. The molecule has 0 unspecified atom stereocenters. The minimum Gasteiger partial charge on any atom is -0.370 e. The molecule has 0 radical (unpaired) electrons. The van der Waals surface area contributed by atoms with E-state index in [0.29, 0.717) is 30.8 Å². The van der Waals surface area contributed by atoms with E-state index in [9.17, 15) is 14.4 Å². The van der Waals surface area contributed by atoms with Crippen LogP contribution in [0, 0.1) is 19.8 Å². The van der Waals surface area contributed by atoms with Crippen molar-refractivity contribution in [3.8, 4) is 0 Å². The second-order valence-corrected chi connectivity index (χ2v) is 12.2. The number of fused-ring (bicyclic) bond motifs is 1. The molecule has 40 heavy (non-hydrogen) atoms. The molecule has 2 fully saturated rings. The number of hydrogen-bond donors (Lipinski definition) is 0. The van der Waals surface area contributed by atoms with E-state index < -0.39 is 0 Å². The Labute approximate surface area is 240 Å². The van der Waals surface area contributed by atoms with Crippen LogP contribution in [-0.2, 0) is 4.79 Å². The summed E-state index contributed by atoms with van der Waals surface area (Å²) in [6.07, 6.45) is 1.72. The van der Waals surface area contributed by atoms with Gasteiger partial charge in [-0.3, -0.25) is 19.3 Å². The highest BCUT2D eigenvalue weighted by atomic mass is 32.1. The van der Waals surface area contributed by atoms with Gasteiger partial charge in [-0.1, -0.05) is 24.3 Å². The average Bonchev–Trinajstić information content (AvgIpc) is 3.61. The highest BCUT2D eigenvalue weighted by Gasteiger charge is 2.42. The lowest BCUT2D eigenvalue weighted by Crippen LogP contribution is -2.52. The molecule has 8 heteroatoms. The Balaban J connectivity index is 1.16. The molecular formula is C32H36N4O3S. The Bertz CT molecular complexity index is 1440. The van der Waals surface area contributed by atoms with E-state index >= 15 is 0 Å². The van der Waals surface area contributed by atoms with Crippen LogP contribution in [0.5, 0.6) is 0 Å². The second-order valence-electron chi connectivity index (χ2n) is 11.2. The number of anilines is 2. The van der Waals surface area contributed by atoms with Crippen LogP contribution >= 0.6 is 11.3 Å². The fourth-order valence-corrected chi connectivity index (χ4v) is 7.23. The standard InChI is InChI=1S/C32H36N4O3S/c1-21-8-4-11-26(22(21)2)33-15-17-34(18-16-33)30(37)24-9-6-14-35(20-24)27-12-5-10-25-29(27)32(39)36(31(25)38)23(3)28-13-7-19-40-28/h4-5,7-8,10-13,19,23-24H,6,9,14-18,20H2,1-3H3/t23-,24+/m0/s1. The number of hydrogen-bond acceptors (Lipinski definition) is 6. The summed E-state index contributed by atoms with van der Waals surface area (Å²) < 4.78 is 0. The Hall–Kier alpha value is -3.65. The molecule has 3 aromatic rings. The summed E-state index contributed by atoms with van der Waals surface area (Å²) in [7, 11) is 0. The maximum atomic E-state index is 13.7. The van der Waals surface area contributed by atoms with Gasteiger partial charge in [0.1, 0.15) is 0 Å². The maximum absolute atomic E-state index is 13.7. The number of amides is 3. The number of benzene rings is 2. The van der Waals surface area contributed by atoms with Gasteiger partial charge in [0, 0.05) is 49.8 Å². The highest BCUT2D eigenvalue weighted by molar-refractivity contribution is 7.10. The number of thiophene rings is 1. The van der Waals surface area contributed by atoms with E-state index in [4.69, 9.17) is 0 Å². The summed E-state index contributed by atoms with van der Waals surface area (Å²) >= 11 is 1.55. The average molecular weight is 557 g/mol. The van der Waals surface area contributed by atoms with Crippen LogP contribution in [0.25, 0.3) is 0 Å². The van der Waals surface area contributed by atoms with Crippen molar-refractivity contribution in [2.75, 3.05) is 49.1 Å². The van der Waals surface area contributed by atoms with E-state index in [0.717, 1.165) is 43.0 Å². The van der Waals surface area contributed by atoms with Crippen LogP contribution < -0.4 is 9.80 Å². The van der Waals surface area contributed by atoms with E-state index in [-0.39, 0.29) is 29.7 Å². The molecule has 1 aromatic heterocycles. The summed E-state index contributed by atoms with van der Waals surface area (Å²) in [6.45, 7) is 10.6. The fourth-order valence-electron chi connectivity index (χ4n) is 6.46. The molecule has 2 saturated heterocycles. The molecule has 3 amide bonds. The molecule has 2 aromatic carbocycles. The van der Waals surface area contributed by atoms with Gasteiger partial charge in [-0.15, -0.1) is 11.3 Å². The summed E-state index contributed by atoms with van der Waals surface area (Å²) in [6, 6.07) is 15.5. The van der Waals surface area contributed by atoms with Crippen LogP contribution in [0.3, 0.4) is 0 Å². The first-order valence-electron chi connectivity index (χ1n) is 14.2. The van der Waals surface area contributed by atoms with Gasteiger partial charge in [0.05, 0.1) is 28.8 Å². The predicted molar refractivity (Wildman–Crippen MR) is 159 cm³/mol. The van der Waals surface area contributed by atoms with Crippen molar-refractivity contribution in [1.29, 1.82) is 0 Å². The van der Waals surface area contributed by atoms with Gasteiger partial charge >= 0.3 is 0 Å². The molecule has 0 bridgehead atoms. The van der Waals surface area contributed by atoms with Crippen molar-refractivity contribution >= 4 is 40.4 Å². The monoisotopic (exact) mass is 556 g/mol. The Morgan fingerprint density at radius 1 is 0.875 bits per heavy atom. The van der Waals surface area contributed by atoms with Crippen LogP contribution in [-0.4, -0.2) is 66.8 Å². The zero-order valence-corrected chi connectivity index (χ0v) is 24.2. The maximum Gasteiger partial charge on any atom is 0.264 e. The number of carbonyl (C=O) groups is 3. The van der Waals surface area contributed by atoms with Crippen LogP contribution in [0.1, 0.15) is 62.5 Å². The minimum absolute atomic E-state index is 0.120. The van der Waals surface area contributed by atoms with Gasteiger partial charge in [0.25, 0.3) is 11.8 Å². The number of piperidine rings is 1. The van der Waals surface area contributed by atoms with E-state index in [1.807, 2.05) is 41.5 Å². The highest BCUT2D eigenvalue weighted by Crippen LogP contribution is 2.38. The van der Waals surface area contributed by atoms with Gasteiger partial charge < -0.3 is 14.7 Å². The largest absolute Gasteiger partial charge is 0.370 e. The Morgan fingerprint density at radius 2 is 1.62 bits per heavy atom. The van der Waals surface area contributed by atoms with Crippen LogP contribution in [0.15, 0.2) is 53.9 Å². The Morgan fingerprint density at radius 3 is 2.38 bits per heavy atom. The lowest BCUT2D eigenvalue weighted by atomic mass is 9.94. The van der Waals surface area contributed by atoms with Gasteiger partial charge in [0.15, 0.2) is 0 Å². The number of nitrogens with zero attached hydrogens (tertiary/aromatic N) is 4. The number of carbonyl (C=O) groups excluding carboxylic acids is 3. The van der Waals surface area contributed by atoms with Gasteiger partial charge in [-0.05, 0) is 74.4 Å². The van der Waals surface area contributed by atoms with Gasteiger partial charge in [-0.25, -0.2) is 0 Å². The molecule has 0 saturated carbocycles. The van der Waals surface area contributed by atoms with Crippen LogP contribution in [0.2, 0.25) is 0 Å². The van der Waals surface area contributed by atoms with Crippen molar-refractivity contribution in [3.63, 3.8) is 0 Å². The summed E-state index contributed by atoms with van der Waals surface area (Å²) in [5, 5.41) is 1.96. The number of aryl methyl sites for hydroxylation is 1. The van der Waals surface area contributed by atoms with E-state index in [1.54, 1.807) is 17.4 Å². The Kier molecular flexibility index (Phi) is 7.13. The third kappa shape index (κ3) is 4.58. The summed E-state index contributed by atoms with van der Waals surface area (Å²) in [5.41, 5.74) is 5.56. The molecule has 0 aliphatic carbocycles. The first-order valence-corrected chi connectivity index (χ1v) is 15.1. The molecule has 4 heterocycles. The molecule has 2 atom stereocenters. The zero-order chi connectivity index (χ0) is 28.0. The first-order chi connectivity index (χ1) is 19.3. The third-order valence-corrected chi connectivity index (χ3v) is 9.93. The fraction of sp³-hybridized carbons (Fsp3) is 0.406. The van der Waals surface area contributed by atoms with E-state index in [1.165, 1.54) is 21.7 Å². The molecule has 3 aliphatic rings. The summed E-state index contributed by atoms with van der Waals surface area (Å²) in [5.74, 6) is -0.403. The quantitative estimate of drug-likeness (QED) is 0.400. The third-order valence-electron chi connectivity index (χ3n) is 8.89. The SMILES string of the molecule is Cc1cccc(N2CCN(C(=O)[C@@H]3CCCN(c4cccc5c4C(=O)N([C@@H](C)c4cccs4)C5=O)C3)CC2)c1C. The molecule has 6 rings (SSSR count). The number of rotatable bonds is 5. The number of imide groups is 1.